The van der Waals surface area contributed by atoms with E-state index >= 15 is 0 Å². The van der Waals surface area contributed by atoms with Crippen LogP contribution in [0.1, 0.15) is 18.2 Å². The summed E-state index contributed by atoms with van der Waals surface area (Å²) in [5.41, 5.74) is 2.33. The van der Waals surface area contributed by atoms with Crippen LogP contribution in [0.25, 0.3) is 0 Å². The Morgan fingerprint density at radius 1 is 1.30 bits per heavy atom. The Morgan fingerprint density at radius 3 is 2.90 bits per heavy atom. The van der Waals surface area contributed by atoms with Crippen LogP contribution in [0.15, 0.2) is 41.0 Å². The standard InChI is InChI=1S/C16H22N2O2/c1-4-17-11-16-13(8-9-20-16)12-18(2)14-6-5-7-15(10-14)19-3/h5-10,17H,4,11-12H2,1-3H3. The summed E-state index contributed by atoms with van der Waals surface area (Å²) in [6.45, 7) is 4.60. The first-order valence-electron chi connectivity index (χ1n) is 6.85. The minimum absolute atomic E-state index is 0.769. The SMILES string of the molecule is CCNCc1occc1CN(C)c1cccc(OC)c1. The molecule has 108 valence electrons. The van der Waals surface area contributed by atoms with Crippen molar-refractivity contribution in [2.24, 2.45) is 0 Å². The molecule has 1 heterocycles. The van der Waals surface area contributed by atoms with Gasteiger partial charge in [-0.05, 0) is 24.7 Å². The number of ether oxygens (including phenoxy) is 1. The first-order chi connectivity index (χ1) is 9.74. The molecule has 0 bridgehead atoms. The predicted molar refractivity (Wildman–Crippen MR) is 81.2 cm³/mol. The van der Waals surface area contributed by atoms with E-state index in [1.54, 1.807) is 13.4 Å². The molecule has 0 saturated carbocycles. The zero-order valence-corrected chi connectivity index (χ0v) is 12.3. The summed E-state index contributed by atoms with van der Waals surface area (Å²) >= 11 is 0. The zero-order valence-electron chi connectivity index (χ0n) is 12.3. The van der Waals surface area contributed by atoms with Crippen LogP contribution in [0.2, 0.25) is 0 Å². The van der Waals surface area contributed by atoms with Crippen molar-refractivity contribution in [2.45, 2.75) is 20.0 Å². The van der Waals surface area contributed by atoms with Crippen LogP contribution in [0.4, 0.5) is 5.69 Å². The first kappa shape index (κ1) is 14.5. The predicted octanol–water partition coefficient (Wildman–Crippen LogP) is 3.03. The molecule has 0 saturated heterocycles. The third kappa shape index (κ3) is 3.54. The van der Waals surface area contributed by atoms with Crippen LogP contribution in [0.5, 0.6) is 5.75 Å². The summed E-state index contributed by atoms with van der Waals surface area (Å²) in [6.07, 6.45) is 1.75. The van der Waals surface area contributed by atoms with Gasteiger partial charge in [0.25, 0.3) is 0 Å². The molecule has 2 aromatic rings. The summed E-state index contributed by atoms with van der Waals surface area (Å²) in [5, 5.41) is 3.29. The molecule has 0 spiro atoms. The van der Waals surface area contributed by atoms with E-state index in [1.165, 1.54) is 5.56 Å². The Balaban J connectivity index is 2.07. The number of anilines is 1. The average Bonchev–Trinajstić information content (AvgIpc) is 2.92. The van der Waals surface area contributed by atoms with Crippen molar-refractivity contribution in [2.75, 3.05) is 25.6 Å². The fourth-order valence-corrected chi connectivity index (χ4v) is 2.10. The molecular weight excluding hydrogens is 252 g/mol. The van der Waals surface area contributed by atoms with E-state index in [0.717, 1.165) is 36.8 Å². The van der Waals surface area contributed by atoms with Gasteiger partial charge in [-0.25, -0.2) is 0 Å². The molecule has 1 aromatic carbocycles. The minimum atomic E-state index is 0.769. The van der Waals surface area contributed by atoms with Gasteiger partial charge in [-0.1, -0.05) is 13.0 Å². The second-order valence-corrected chi connectivity index (χ2v) is 4.71. The molecule has 0 atom stereocenters. The van der Waals surface area contributed by atoms with Crippen LogP contribution < -0.4 is 15.0 Å². The largest absolute Gasteiger partial charge is 0.497 e. The van der Waals surface area contributed by atoms with E-state index in [4.69, 9.17) is 9.15 Å². The summed E-state index contributed by atoms with van der Waals surface area (Å²) in [4.78, 5) is 2.18. The molecule has 0 aliphatic rings. The number of rotatable bonds is 7. The van der Waals surface area contributed by atoms with E-state index in [1.807, 2.05) is 24.3 Å². The lowest BCUT2D eigenvalue weighted by atomic mass is 10.2. The quantitative estimate of drug-likeness (QED) is 0.842. The second kappa shape index (κ2) is 7.01. The molecule has 4 heteroatoms. The van der Waals surface area contributed by atoms with Crippen LogP contribution >= 0.6 is 0 Å². The van der Waals surface area contributed by atoms with Gasteiger partial charge >= 0.3 is 0 Å². The van der Waals surface area contributed by atoms with Crippen LogP contribution in [-0.4, -0.2) is 20.7 Å². The molecule has 1 aromatic heterocycles. The molecule has 1 N–H and O–H groups in total. The number of nitrogens with one attached hydrogen (secondary N) is 1. The van der Waals surface area contributed by atoms with Gasteiger partial charge in [0.05, 0.1) is 19.9 Å². The third-order valence-corrected chi connectivity index (χ3v) is 3.27. The van der Waals surface area contributed by atoms with Crippen molar-refractivity contribution in [3.63, 3.8) is 0 Å². The van der Waals surface area contributed by atoms with Crippen molar-refractivity contribution in [3.05, 3.63) is 47.9 Å². The Kier molecular flexibility index (Phi) is 5.07. The smallest absolute Gasteiger partial charge is 0.122 e. The van der Waals surface area contributed by atoms with Crippen LogP contribution in [0.3, 0.4) is 0 Å². The van der Waals surface area contributed by atoms with Crippen molar-refractivity contribution in [3.8, 4) is 5.75 Å². The van der Waals surface area contributed by atoms with Gasteiger partial charge in [0.1, 0.15) is 11.5 Å². The molecule has 0 amide bonds. The Bertz CT molecular complexity index is 537. The number of hydrogen-bond donors (Lipinski definition) is 1. The fraction of sp³-hybridized carbons (Fsp3) is 0.375. The molecule has 0 unspecified atom stereocenters. The van der Waals surface area contributed by atoms with E-state index in [2.05, 4.69) is 30.3 Å². The number of furan rings is 1. The molecule has 0 radical (unpaired) electrons. The highest BCUT2D eigenvalue weighted by atomic mass is 16.5. The zero-order chi connectivity index (χ0) is 14.4. The van der Waals surface area contributed by atoms with Gasteiger partial charge in [-0.15, -0.1) is 0 Å². The molecule has 20 heavy (non-hydrogen) atoms. The highest BCUT2D eigenvalue weighted by Gasteiger charge is 2.09. The van der Waals surface area contributed by atoms with E-state index in [0.29, 0.717) is 0 Å². The maximum atomic E-state index is 5.53. The minimum Gasteiger partial charge on any atom is -0.497 e. The lowest BCUT2D eigenvalue weighted by Gasteiger charge is -2.19. The summed E-state index contributed by atoms with van der Waals surface area (Å²) in [6, 6.07) is 10.1. The first-order valence-corrected chi connectivity index (χ1v) is 6.85. The summed E-state index contributed by atoms with van der Waals surface area (Å²) in [5.74, 6) is 1.87. The normalized spacial score (nSPS) is 10.6. The number of nitrogens with zero attached hydrogens (tertiary/aromatic N) is 1. The monoisotopic (exact) mass is 274 g/mol. The summed E-state index contributed by atoms with van der Waals surface area (Å²) < 4.78 is 10.8. The Morgan fingerprint density at radius 2 is 2.15 bits per heavy atom. The van der Waals surface area contributed by atoms with Crippen molar-refractivity contribution >= 4 is 5.69 Å². The lowest BCUT2D eigenvalue weighted by molar-refractivity contribution is 0.415. The number of benzene rings is 1. The van der Waals surface area contributed by atoms with E-state index in [9.17, 15) is 0 Å². The second-order valence-electron chi connectivity index (χ2n) is 4.71. The van der Waals surface area contributed by atoms with Crippen LogP contribution in [-0.2, 0) is 13.1 Å². The Labute approximate surface area is 120 Å². The van der Waals surface area contributed by atoms with Gasteiger partial charge in [0.2, 0.25) is 0 Å². The summed E-state index contributed by atoms with van der Waals surface area (Å²) in [7, 11) is 3.75. The van der Waals surface area contributed by atoms with E-state index < -0.39 is 0 Å². The molecule has 0 aliphatic heterocycles. The van der Waals surface area contributed by atoms with Crippen molar-refractivity contribution in [1.82, 2.24) is 5.32 Å². The van der Waals surface area contributed by atoms with Crippen LogP contribution in [0, 0.1) is 0 Å². The molecular formula is C16H22N2O2. The highest BCUT2D eigenvalue weighted by molar-refractivity contribution is 5.50. The number of methoxy groups -OCH3 is 1. The molecule has 2 rings (SSSR count). The number of hydrogen-bond acceptors (Lipinski definition) is 4. The molecule has 0 aliphatic carbocycles. The fourth-order valence-electron chi connectivity index (χ4n) is 2.10. The topological polar surface area (TPSA) is 37.6 Å². The van der Waals surface area contributed by atoms with Gasteiger partial charge in [0.15, 0.2) is 0 Å². The van der Waals surface area contributed by atoms with Gasteiger partial charge in [-0.3, -0.25) is 0 Å². The maximum absolute atomic E-state index is 5.53. The van der Waals surface area contributed by atoms with Crippen molar-refractivity contribution < 1.29 is 9.15 Å². The van der Waals surface area contributed by atoms with Gasteiger partial charge in [-0.2, -0.15) is 0 Å². The average molecular weight is 274 g/mol. The maximum Gasteiger partial charge on any atom is 0.122 e. The highest BCUT2D eigenvalue weighted by Crippen LogP contribution is 2.22. The lowest BCUT2D eigenvalue weighted by Crippen LogP contribution is -2.18. The van der Waals surface area contributed by atoms with Crippen molar-refractivity contribution in [1.29, 1.82) is 0 Å². The van der Waals surface area contributed by atoms with Gasteiger partial charge < -0.3 is 19.4 Å². The molecule has 0 fully saturated rings. The Hall–Kier alpha value is -1.94. The van der Waals surface area contributed by atoms with Gasteiger partial charge in [0, 0.05) is 30.9 Å². The van der Waals surface area contributed by atoms with E-state index in [-0.39, 0.29) is 0 Å². The third-order valence-electron chi connectivity index (χ3n) is 3.27. The molecule has 4 nitrogen and oxygen atoms in total.